The van der Waals surface area contributed by atoms with Crippen molar-refractivity contribution in [2.45, 2.75) is 46.7 Å². The molecule has 1 atom stereocenters. The first-order valence-electron chi connectivity index (χ1n) is 10.3. The molecular weight excluding hydrogens is 378 g/mol. The zero-order valence-corrected chi connectivity index (χ0v) is 18.1. The van der Waals surface area contributed by atoms with Crippen LogP contribution in [0.4, 0.5) is 0 Å². The summed E-state index contributed by atoms with van der Waals surface area (Å²) in [6.45, 7) is 8.50. The van der Waals surface area contributed by atoms with E-state index in [1.165, 1.54) is 9.13 Å². The SMILES string of the molecule is CCC(C)n1c(C)c(C)n2c3c(=O)n(C/C=C/c4ccccc4)c(=O)n(C)c3nc12. The van der Waals surface area contributed by atoms with Gasteiger partial charge in [0.25, 0.3) is 5.56 Å². The summed E-state index contributed by atoms with van der Waals surface area (Å²) in [5, 5.41) is 0. The summed E-state index contributed by atoms with van der Waals surface area (Å²) in [6, 6.07) is 10.0. The van der Waals surface area contributed by atoms with Crippen LogP contribution in [0.25, 0.3) is 23.0 Å². The molecule has 1 unspecified atom stereocenters. The molecular formula is C23H27N5O2. The lowest BCUT2D eigenvalue weighted by molar-refractivity contribution is 0.532. The number of aromatic nitrogens is 5. The summed E-state index contributed by atoms with van der Waals surface area (Å²) in [5.41, 5.74) is 3.25. The maximum absolute atomic E-state index is 13.4. The third-order valence-corrected chi connectivity index (χ3v) is 5.99. The Hall–Kier alpha value is -3.35. The fraction of sp³-hybridized carbons (Fsp3) is 0.348. The molecule has 0 N–H and O–H groups in total. The highest BCUT2D eigenvalue weighted by Crippen LogP contribution is 2.25. The average molecular weight is 406 g/mol. The van der Waals surface area contributed by atoms with Gasteiger partial charge in [0.1, 0.15) is 0 Å². The number of hydrogen-bond donors (Lipinski definition) is 0. The summed E-state index contributed by atoms with van der Waals surface area (Å²) < 4.78 is 6.79. The number of benzene rings is 1. The van der Waals surface area contributed by atoms with E-state index in [9.17, 15) is 9.59 Å². The lowest BCUT2D eigenvalue weighted by Crippen LogP contribution is -2.39. The summed E-state index contributed by atoms with van der Waals surface area (Å²) >= 11 is 0. The van der Waals surface area contributed by atoms with Crippen molar-refractivity contribution in [1.82, 2.24) is 23.1 Å². The van der Waals surface area contributed by atoms with Crippen molar-refractivity contribution in [3.05, 3.63) is 74.2 Å². The van der Waals surface area contributed by atoms with E-state index in [2.05, 4.69) is 18.4 Å². The highest BCUT2D eigenvalue weighted by Gasteiger charge is 2.23. The molecule has 0 aliphatic rings. The van der Waals surface area contributed by atoms with E-state index in [-0.39, 0.29) is 23.8 Å². The topological polar surface area (TPSA) is 66.2 Å². The van der Waals surface area contributed by atoms with Crippen LogP contribution in [-0.4, -0.2) is 23.1 Å². The van der Waals surface area contributed by atoms with Crippen molar-refractivity contribution in [1.29, 1.82) is 0 Å². The van der Waals surface area contributed by atoms with Gasteiger partial charge in [0.05, 0.1) is 0 Å². The molecule has 4 rings (SSSR count). The van der Waals surface area contributed by atoms with Crippen LogP contribution in [0, 0.1) is 13.8 Å². The number of fused-ring (bicyclic) bond motifs is 3. The number of imidazole rings is 2. The van der Waals surface area contributed by atoms with Gasteiger partial charge in [0.2, 0.25) is 5.78 Å². The molecule has 0 amide bonds. The second-order valence-corrected chi connectivity index (χ2v) is 7.79. The van der Waals surface area contributed by atoms with E-state index in [0.717, 1.165) is 23.4 Å². The highest BCUT2D eigenvalue weighted by atomic mass is 16.2. The maximum Gasteiger partial charge on any atom is 0.332 e. The fourth-order valence-corrected chi connectivity index (χ4v) is 4.00. The first-order chi connectivity index (χ1) is 14.4. The molecule has 0 saturated carbocycles. The number of aryl methyl sites for hydroxylation is 2. The second kappa shape index (κ2) is 7.48. The van der Waals surface area contributed by atoms with Gasteiger partial charge in [-0.15, -0.1) is 0 Å². The van der Waals surface area contributed by atoms with Crippen molar-refractivity contribution >= 4 is 23.0 Å². The molecule has 0 fully saturated rings. The van der Waals surface area contributed by atoms with Gasteiger partial charge in [-0.25, -0.2) is 4.79 Å². The maximum atomic E-state index is 13.4. The van der Waals surface area contributed by atoms with E-state index < -0.39 is 0 Å². The number of nitrogens with zero attached hydrogens (tertiary/aromatic N) is 5. The van der Waals surface area contributed by atoms with Crippen molar-refractivity contribution in [3.8, 4) is 0 Å². The van der Waals surface area contributed by atoms with Crippen LogP contribution in [0.2, 0.25) is 0 Å². The molecule has 156 valence electrons. The molecule has 7 heteroatoms. The van der Waals surface area contributed by atoms with Gasteiger partial charge in [-0.1, -0.05) is 49.4 Å². The Morgan fingerprint density at radius 1 is 1.10 bits per heavy atom. The molecule has 7 nitrogen and oxygen atoms in total. The zero-order chi connectivity index (χ0) is 21.6. The number of allylic oxidation sites excluding steroid dienone is 1. The lowest BCUT2D eigenvalue weighted by Gasteiger charge is -2.13. The molecule has 0 spiro atoms. The van der Waals surface area contributed by atoms with E-state index in [1.54, 1.807) is 7.05 Å². The van der Waals surface area contributed by atoms with Gasteiger partial charge in [0.15, 0.2) is 11.2 Å². The van der Waals surface area contributed by atoms with Crippen LogP contribution in [-0.2, 0) is 13.6 Å². The molecule has 0 aliphatic heterocycles. The molecule has 3 aromatic heterocycles. The third-order valence-electron chi connectivity index (χ3n) is 5.99. The van der Waals surface area contributed by atoms with Crippen LogP contribution < -0.4 is 11.2 Å². The van der Waals surface area contributed by atoms with E-state index in [4.69, 9.17) is 4.98 Å². The molecule has 0 radical (unpaired) electrons. The van der Waals surface area contributed by atoms with Gasteiger partial charge in [0, 0.05) is 31.0 Å². The molecule has 4 aromatic rings. The number of rotatable bonds is 5. The van der Waals surface area contributed by atoms with Crippen LogP contribution in [0.15, 0.2) is 46.0 Å². The zero-order valence-electron chi connectivity index (χ0n) is 18.1. The smallest absolute Gasteiger partial charge is 0.311 e. The standard InChI is InChI=1S/C23H27N5O2/c1-6-15(2)27-16(3)17(4)28-19-20(24-22(27)28)25(5)23(30)26(21(19)29)14-10-13-18-11-8-7-9-12-18/h7-13,15H,6,14H2,1-5H3/b13-10+. The summed E-state index contributed by atoms with van der Waals surface area (Å²) in [7, 11) is 1.67. The minimum absolute atomic E-state index is 0.202. The van der Waals surface area contributed by atoms with Gasteiger partial charge >= 0.3 is 5.69 Å². The summed E-state index contributed by atoms with van der Waals surface area (Å²) in [6.07, 6.45) is 4.70. The summed E-state index contributed by atoms with van der Waals surface area (Å²) in [4.78, 5) is 31.0. The molecule has 0 saturated heterocycles. The second-order valence-electron chi connectivity index (χ2n) is 7.79. The van der Waals surface area contributed by atoms with Gasteiger partial charge < -0.3 is 4.57 Å². The Kier molecular flexibility index (Phi) is 4.97. The van der Waals surface area contributed by atoms with Crippen LogP contribution in [0.5, 0.6) is 0 Å². The van der Waals surface area contributed by atoms with Crippen molar-refractivity contribution < 1.29 is 0 Å². The average Bonchev–Trinajstić information content (AvgIpc) is 3.25. The molecule has 0 bridgehead atoms. The lowest BCUT2D eigenvalue weighted by atomic mass is 10.2. The number of hydrogen-bond acceptors (Lipinski definition) is 3. The monoisotopic (exact) mass is 405 g/mol. The van der Waals surface area contributed by atoms with Crippen molar-refractivity contribution in [2.75, 3.05) is 0 Å². The predicted molar refractivity (Wildman–Crippen MR) is 120 cm³/mol. The molecule has 3 heterocycles. The highest BCUT2D eigenvalue weighted by molar-refractivity contribution is 5.76. The fourth-order valence-electron chi connectivity index (χ4n) is 4.00. The molecule has 0 aliphatic carbocycles. The van der Waals surface area contributed by atoms with Crippen LogP contribution in [0.3, 0.4) is 0 Å². The van der Waals surface area contributed by atoms with Crippen LogP contribution >= 0.6 is 0 Å². The predicted octanol–water partition coefficient (Wildman–Crippen LogP) is 3.45. The van der Waals surface area contributed by atoms with Crippen molar-refractivity contribution in [2.24, 2.45) is 7.05 Å². The normalized spacial score (nSPS) is 13.1. The Labute approximate surface area is 174 Å². The third kappa shape index (κ3) is 2.93. The van der Waals surface area contributed by atoms with E-state index >= 15 is 0 Å². The van der Waals surface area contributed by atoms with E-state index in [0.29, 0.717) is 16.9 Å². The van der Waals surface area contributed by atoms with Crippen molar-refractivity contribution in [3.63, 3.8) is 0 Å². The Morgan fingerprint density at radius 3 is 2.47 bits per heavy atom. The first kappa shape index (κ1) is 19.9. The quantitative estimate of drug-likeness (QED) is 0.511. The van der Waals surface area contributed by atoms with Crippen LogP contribution in [0.1, 0.15) is 43.3 Å². The van der Waals surface area contributed by atoms with Gasteiger partial charge in [-0.2, -0.15) is 4.98 Å². The van der Waals surface area contributed by atoms with Gasteiger partial charge in [-0.3, -0.25) is 18.3 Å². The largest absolute Gasteiger partial charge is 0.332 e. The Bertz CT molecular complexity index is 1380. The van der Waals surface area contributed by atoms with E-state index in [1.807, 2.05) is 60.7 Å². The minimum Gasteiger partial charge on any atom is -0.311 e. The molecule has 1 aromatic carbocycles. The Morgan fingerprint density at radius 2 is 1.80 bits per heavy atom. The minimum atomic E-state index is -0.365. The van der Waals surface area contributed by atoms with Gasteiger partial charge in [-0.05, 0) is 32.8 Å². The molecule has 30 heavy (non-hydrogen) atoms. The summed E-state index contributed by atoms with van der Waals surface area (Å²) in [5.74, 6) is 0.707. The first-order valence-corrected chi connectivity index (χ1v) is 10.3. The Balaban J connectivity index is 1.94.